The van der Waals surface area contributed by atoms with Crippen LogP contribution < -0.4 is 5.32 Å². The lowest BCUT2D eigenvalue weighted by Crippen LogP contribution is -2.47. The number of hydrogen-bond donors (Lipinski definition) is 1. The lowest BCUT2D eigenvalue weighted by molar-refractivity contribution is 0.0512. The molecule has 1 fully saturated rings. The zero-order valence-corrected chi connectivity index (χ0v) is 16.7. The third kappa shape index (κ3) is 4.16. The molecule has 0 saturated carbocycles. The van der Waals surface area contributed by atoms with Crippen molar-refractivity contribution in [2.24, 2.45) is 0 Å². The topological polar surface area (TPSA) is 49.4 Å². The number of piperidine rings is 1. The largest absolute Gasteiger partial charge is 0.333 e. The fraction of sp³-hybridized carbons (Fsp3) is 0.364. The highest BCUT2D eigenvalue weighted by molar-refractivity contribution is 6.31. The van der Waals surface area contributed by atoms with E-state index in [4.69, 9.17) is 11.6 Å². The van der Waals surface area contributed by atoms with Crippen LogP contribution in [0.15, 0.2) is 42.5 Å². The Bertz CT molecular complexity index is 855. The van der Waals surface area contributed by atoms with E-state index < -0.39 is 0 Å². The second kappa shape index (κ2) is 8.13. The molecule has 1 N–H and O–H groups in total. The number of halogens is 1. The van der Waals surface area contributed by atoms with Gasteiger partial charge in [0.05, 0.1) is 11.3 Å². The van der Waals surface area contributed by atoms with Crippen LogP contribution in [0.3, 0.4) is 0 Å². The molecule has 5 heteroatoms. The first kappa shape index (κ1) is 19.4. The van der Waals surface area contributed by atoms with Crippen molar-refractivity contribution in [1.29, 1.82) is 0 Å². The van der Waals surface area contributed by atoms with Gasteiger partial charge in [-0.05, 0) is 69.9 Å². The highest BCUT2D eigenvalue weighted by atomic mass is 35.5. The van der Waals surface area contributed by atoms with Gasteiger partial charge in [-0.25, -0.2) is 0 Å². The zero-order valence-electron chi connectivity index (χ0n) is 16.0. The van der Waals surface area contributed by atoms with Crippen molar-refractivity contribution >= 4 is 29.1 Å². The van der Waals surface area contributed by atoms with Gasteiger partial charge < -0.3 is 10.2 Å². The molecule has 2 atom stereocenters. The molecule has 4 nitrogen and oxygen atoms in total. The Morgan fingerprint density at radius 1 is 1.07 bits per heavy atom. The summed E-state index contributed by atoms with van der Waals surface area (Å²) in [5.41, 5.74) is 2.42. The van der Waals surface area contributed by atoms with Gasteiger partial charge in [0.1, 0.15) is 0 Å². The van der Waals surface area contributed by atoms with Crippen molar-refractivity contribution in [2.45, 2.75) is 52.1 Å². The smallest absolute Gasteiger partial charge is 0.256 e. The summed E-state index contributed by atoms with van der Waals surface area (Å²) in [6.07, 6.45) is 3.15. The number of likely N-dealkylation sites (tertiary alicyclic amines) is 1. The molecular weight excluding hydrogens is 360 g/mol. The van der Waals surface area contributed by atoms with Crippen LogP contribution in [0.5, 0.6) is 0 Å². The molecule has 0 aromatic heterocycles. The Hall–Kier alpha value is -2.33. The normalized spacial score (nSPS) is 19.6. The van der Waals surface area contributed by atoms with Crippen LogP contribution in [0.4, 0.5) is 5.69 Å². The van der Waals surface area contributed by atoms with Crippen LogP contribution >= 0.6 is 11.6 Å². The highest BCUT2D eigenvalue weighted by Crippen LogP contribution is 2.27. The molecule has 0 bridgehead atoms. The first-order valence-electron chi connectivity index (χ1n) is 9.37. The van der Waals surface area contributed by atoms with Gasteiger partial charge in [-0.15, -0.1) is 0 Å². The van der Waals surface area contributed by atoms with E-state index in [0.717, 1.165) is 24.8 Å². The molecule has 0 radical (unpaired) electrons. The number of nitrogens with one attached hydrogen (secondary N) is 1. The number of para-hydroxylation sites is 1. The molecule has 0 aliphatic carbocycles. The third-order valence-corrected chi connectivity index (χ3v) is 5.67. The molecule has 1 saturated heterocycles. The van der Waals surface area contributed by atoms with E-state index in [1.807, 2.05) is 30.0 Å². The van der Waals surface area contributed by atoms with E-state index >= 15 is 0 Å². The number of rotatable bonds is 3. The number of carbonyl (C=O) groups excluding carboxylic acids is 2. The summed E-state index contributed by atoms with van der Waals surface area (Å²) in [7, 11) is 0. The summed E-state index contributed by atoms with van der Waals surface area (Å²) in [5, 5.41) is 3.42. The zero-order chi connectivity index (χ0) is 19.6. The molecule has 1 heterocycles. The molecule has 0 spiro atoms. The summed E-state index contributed by atoms with van der Waals surface area (Å²) in [4.78, 5) is 27.8. The predicted octanol–water partition coefficient (Wildman–Crippen LogP) is 5.30. The van der Waals surface area contributed by atoms with Crippen LogP contribution in [-0.2, 0) is 0 Å². The van der Waals surface area contributed by atoms with Crippen molar-refractivity contribution in [2.75, 3.05) is 5.32 Å². The van der Waals surface area contributed by atoms with Gasteiger partial charge in [-0.1, -0.05) is 29.8 Å². The fourth-order valence-electron chi connectivity index (χ4n) is 3.67. The number of hydrogen-bond acceptors (Lipinski definition) is 2. The van der Waals surface area contributed by atoms with Crippen molar-refractivity contribution in [3.8, 4) is 0 Å². The fourth-order valence-corrected chi connectivity index (χ4v) is 3.85. The first-order chi connectivity index (χ1) is 12.9. The maximum Gasteiger partial charge on any atom is 0.256 e. The minimum Gasteiger partial charge on any atom is -0.333 e. The van der Waals surface area contributed by atoms with E-state index in [2.05, 4.69) is 19.2 Å². The quantitative estimate of drug-likeness (QED) is 0.780. The molecule has 2 amide bonds. The Balaban J connectivity index is 1.86. The number of aryl methyl sites for hydroxylation is 1. The van der Waals surface area contributed by atoms with Crippen LogP contribution in [0.25, 0.3) is 0 Å². The molecule has 1 aliphatic heterocycles. The number of carbonyl (C=O) groups is 2. The standard InChI is InChI=1S/C22H25ClN2O2/c1-14-11-12-17(13-19(14)23)21(26)24-20-10-5-4-9-18(20)22(27)25-15(2)7-6-8-16(25)3/h4-5,9-13,15-16H,6-8H2,1-3H3,(H,24,26)/t15-,16-/m0/s1. The number of amides is 2. The minimum absolute atomic E-state index is 0.0347. The summed E-state index contributed by atoms with van der Waals surface area (Å²) in [6, 6.07) is 12.8. The number of anilines is 1. The third-order valence-electron chi connectivity index (χ3n) is 5.27. The van der Waals surface area contributed by atoms with E-state index in [1.54, 1.807) is 24.3 Å². The molecule has 0 unspecified atom stereocenters. The summed E-state index contributed by atoms with van der Waals surface area (Å²) < 4.78 is 0. The van der Waals surface area contributed by atoms with E-state index in [-0.39, 0.29) is 23.9 Å². The van der Waals surface area contributed by atoms with Gasteiger partial charge in [0.25, 0.3) is 11.8 Å². The van der Waals surface area contributed by atoms with E-state index in [9.17, 15) is 9.59 Å². The molecule has 27 heavy (non-hydrogen) atoms. The molecule has 2 aromatic rings. The van der Waals surface area contributed by atoms with Crippen molar-refractivity contribution in [1.82, 2.24) is 4.90 Å². The maximum absolute atomic E-state index is 13.2. The molecule has 1 aliphatic rings. The molecular formula is C22H25ClN2O2. The van der Waals surface area contributed by atoms with Crippen LogP contribution in [0.2, 0.25) is 5.02 Å². The molecule has 142 valence electrons. The lowest BCUT2D eigenvalue weighted by atomic mass is 9.96. The van der Waals surface area contributed by atoms with Gasteiger partial charge in [-0.2, -0.15) is 0 Å². The van der Waals surface area contributed by atoms with Crippen LogP contribution in [0.1, 0.15) is 59.4 Å². The Morgan fingerprint density at radius 2 is 1.74 bits per heavy atom. The van der Waals surface area contributed by atoms with Gasteiger partial charge in [-0.3, -0.25) is 9.59 Å². The SMILES string of the molecule is Cc1ccc(C(=O)Nc2ccccc2C(=O)N2[C@@H](C)CCC[C@@H]2C)cc1Cl. The maximum atomic E-state index is 13.2. The number of benzene rings is 2. The summed E-state index contributed by atoms with van der Waals surface area (Å²) in [5.74, 6) is -0.315. The minimum atomic E-state index is -0.281. The van der Waals surface area contributed by atoms with Crippen molar-refractivity contribution in [3.05, 3.63) is 64.2 Å². The van der Waals surface area contributed by atoms with Gasteiger partial charge in [0, 0.05) is 22.7 Å². The van der Waals surface area contributed by atoms with Crippen LogP contribution in [-0.4, -0.2) is 28.8 Å². The van der Waals surface area contributed by atoms with Gasteiger partial charge in [0.2, 0.25) is 0 Å². The Kier molecular flexibility index (Phi) is 5.85. The monoisotopic (exact) mass is 384 g/mol. The van der Waals surface area contributed by atoms with E-state index in [1.165, 1.54) is 0 Å². The van der Waals surface area contributed by atoms with E-state index in [0.29, 0.717) is 21.8 Å². The Morgan fingerprint density at radius 3 is 2.41 bits per heavy atom. The molecule has 3 rings (SSSR count). The second-order valence-corrected chi connectivity index (χ2v) is 7.71. The Labute approximate surface area is 165 Å². The van der Waals surface area contributed by atoms with Crippen LogP contribution in [0, 0.1) is 6.92 Å². The average molecular weight is 385 g/mol. The summed E-state index contributed by atoms with van der Waals surface area (Å²) >= 11 is 6.14. The van der Waals surface area contributed by atoms with Gasteiger partial charge in [0.15, 0.2) is 0 Å². The van der Waals surface area contributed by atoms with Gasteiger partial charge >= 0.3 is 0 Å². The lowest BCUT2D eigenvalue weighted by Gasteiger charge is -2.39. The highest BCUT2D eigenvalue weighted by Gasteiger charge is 2.30. The molecule has 2 aromatic carbocycles. The number of nitrogens with zero attached hydrogens (tertiary/aromatic N) is 1. The second-order valence-electron chi connectivity index (χ2n) is 7.31. The van der Waals surface area contributed by atoms with Crippen molar-refractivity contribution < 1.29 is 9.59 Å². The predicted molar refractivity (Wildman–Crippen MR) is 110 cm³/mol. The summed E-state index contributed by atoms with van der Waals surface area (Å²) in [6.45, 7) is 6.06. The van der Waals surface area contributed by atoms with Crippen molar-refractivity contribution in [3.63, 3.8) is 0 Å². The first-order valence-corrected chi connectivity index (χ1v) is 9.75. The average Bonchev–Trinajstić information content (AvgIpc) is 2.64.